The van der Waals surface area contributed by atoms with Crippen LogP contribution >= 0.6 is 22.7 Å². The second kappa shape index (κ2) is 9.63. The molecule has 0 unspecified atom stereocenters. The maximum atomic E-state index is 12.5. The molecule has 0 saturated carbocycles. The van der Waals surface area contributed by atoms with E-state index in [0.29, 0.717) is 11.7 Å². The molecule has 0 bridgehead atoms. The smallest absolute Gasteiger partial charge is 0.232 e. The molecule has 7 heteroatoms. The summed E-state index contributed by atoms with van der Waals surface area (Å²) < 4.78 is 5.92. The lowest BCUT2D eigenvalue weighted by atomic mass is 10.0. The Morgan fingerprint density at radius 1 is 0.938 bits per heavy atom. The minimum Gasteiger partial charge on any atom is -0.486 e. The number of hydrogen-bond donors (Lipinski definition) is 1. The van der Waals surface area contributed by atoms with E-state index in [-0.39, 0.29) is 12.3 Å². The molecule has 2 heterocycles. The number of ether oxygens (including phenoxy) is 1. The van der Waals surface area contributed by atoms with Gasteiger partial charge in [0.05, 0.1) is 17.8 Å². The molecule has 2 aromatic carbocycles. The third-order valence-corrected chi connectivity index (χ3v) is 6.68. The quantitative estimate of drug-likeness (QED) is 0.351. The van der Waals surface area contributed by atoms with Gasteiger partial charge in [0.1, 0.15) is 17.4 Å². The van der Waals surface area contributed by atoms with Crippen molar-refractivity contribution in [1.82, 2.24) is 9.97 Å². The fourth-order valence-corrected chi connectivity index (χ4v) is 4.73. The van der Waals surface area contributed by atoms with Crippen molar-refractivity contribution in [3.8, 4) is 17.0 Å². The summed E-state index contributed by atoms with van der Waals surface area (Å²) >= 11 is 2.93. The van der Waals surface area contributed by atoms with Gasteiger partial charge in [0.15, 0.2) is 5.13 Å². The van der Waals surface area contributed by atoms with Crippen LogP contribution < -0.4 is 10.1 Å². The molecule has 2 aromatic heterocycles. The van der Waals surface area contributed by atoms with Gasteiger partial charge >= 0.3 is 0 Å². The Kier molecular flexibility index (Phi) is 6.67. The zero-order chi connectivity index (χ0) is 22.7. The lowest BCUT2D eigenvalue weighted by molar-refractivity contribution is -0.115. The van der Waals surface area contributed by atoms with E-state index < -0.39 is 0 Å². The number of hydrogen-bond acceptors (Lipinski definition) is 6. The maximum absolute atomic E-state index is 12.5. The molecule has 4 aromatic rings. The number of benzene rings is 2. The topological polar surface area (TPSA) is 64.1 Å². The van der Waals surface area contributed by atoms with Crippen LogP contribution in [0.2, 0.25) is 0 Å². The highest BCUT2D eigenvalue weighted by atomic mass is 32.1. The second-order valence-corrected chi connectivity index (χ2v) is 9.67. The van der Waals surface area contributed by atoms with Gasteiger partial charge < -0.3 is 10.1 Å². The van der Waals surface area contributed by atoms with E-state index in [9.17, 15) is 4.79 Å². The number of carbonyl (C=O) groups is 1. The molecule has 32 heavy (non-hydrogen) atoms. The molecule has 0 saturated heterocycles. The molecule has 0 spiro atoms. The normalized spacial score (nSPS) is 10.9. The van der Waals surface area contributed by atoms with Crippen LogP contribution in [0.3, 0.4) is 0 Å². The van der Waals surface area contributed by atoms with Crippen LogP contribution in [0.4, 0.5) is 5.13 Å². The number of amides is 1. The summed E-state index contributed by atoms with van der Waals surface area (Å²) in [4.78, 5) is 21.7. The predicted molar refractivity (Wildman–Crippen MR) is 132 cm³/mol. The van der Waals surface area contributed by atoms with E-state index in [1.54, 1.807) is 0 Å². The third kappa shape index (κ3) is 5.41. The average Bonchev–Trinajstić information content (AvgIpc) is 3.40. The van der Waals surface area contributed by atoms with Gasteiger partial charge in [0.2, 0.25) is 5.91 Å². The molecular weight excluding hydrogens is 438 g/mol. The van der Waals surface area contributed by atoms with Crippen molar-refractivity contribution in [2.45, 2.75) is 40.7 Å². The van der Waals surface area contributed by atoms with E-state index in [1.807, 2.05) is 36.7 Å². The fraction of sp³-hybridized carbons (Fsp3) is 0.240. The molecule has 1 amide bonds. The van der Waals surface area contributed by atoms with E-state index >= 15 is 0 Å². The number of nitrogens with zero attached hydrogens (tertiary/aromatic N) is 2. The summed E-state index contributed by atoms with van der Waals surface area (Å²) in [6, 6.07) is 12.4. The molecule has 0 fully saturated rings. The zero-order valence-corrected chi connectivity index (χ0v) is 20.2. The van der Waals surface area contributed by atoms with Gasteiger partial charge in [0.25, 0.3) is 0 Å². The number of thiazole rings is 2. The van der Waals surface area contributed by atoms with Crippen molar-refractivity contribution in [2.24, 2.45) is 0 Å². The summed E-state index contributed by atoms with van der Waals surface area (Å²) in [7, 11) is 0. The molecule has 0 radical (unpaired) electrons. The monoisotopic (exact) mass is 463 g/mol. The van der Waals surface area contributed by atoms with Crippen LogP contribution in [0, 0.1) is 27.7 Å². The minimum atomic E-state index is -0.126. The van der Waals surface area contributed by atoms with E-state index in [4.69, 9.17) is 4.74 Å². The van der Waals surface area contributed by atoms with Crippen LogP contribution in [0.15, 0.2) is 47.2 Å². The first kappa shape index (κ1) is 22.2. The van der Waals surface area contributed by atoms with Gasteiger partial charge in [-0.1, -0.05) is 29.8 Å². The Hall–Kier alpha value is -3.03. The standard InChI is InChI=1S/C25H25N3O2S2/c1-15-5-7-17(3)20(9-15)21-14-32-25(27-21)28-23(29)11-19-13-31-24(26-19)12-30-22-10-16(2)6-8-18(22)4/h5-10,13-14H,11-12H2,1-4H3,(H,27,28,29). The zero-order valence-electron chi connectivity index (χ0n) is 18.6. The van der Waals surface area contributed by atoms with Gasteiger partial charge in [-0.25, -0.2) is 9.97 Å². The second-order valence-electron chi connectivity index (χ2n) is 7.87. The highest BCUT2D eigenvalue weighted by Crippen LogP contribution is 2.28. The summed E-state index contributed by atoms with van der Waals surface area (Å²) in [5.41, 5.74) is 7.31. The molecule has 0 aliphatic heterocycles. The Morgan fingerprint density at radius 2 is 1.69 bits per heavy atom. The highest BCUT2D eigenvalue weighted by molar-refractivity contribution is 7.14. The van der Waals surface area contributed by atoms with Crippen molar-refractivity contribution >= 4 is 33.7 Å². The van der Waals surface area contributed by atoms with Crippen LogP contribution in [-0.4, -0.2) is 15.9 Å². The maximum Gasteiger partial charge on any atom is 0.232 e. The number of anilines is 1. The average molecular weight is 464 g/mol. The molecule has 164 valence electrons. The van der Waals surface area contributed by atoms with Crippen molar-refractivity contribution in [2.75, 3.05) is 5.32 Å². The summed E-state index contributed by atoms with van der Waals surface area (Å²) in [5, 5.41) is 8.22. The largest absolute Gasteiger partial charge is 0.486 e. The first-order valence-electron chi connectivity index (χ1n) is 10.3. The van der Waals surface area contributed by atoms with Gasteiger partial charge in [0, 0.05) is 16.3 Å². The number of aromatic nitrogens is 2. The van der Waals surface area contributed by atoms with Crippen LogP contribution in [0.1, 0.15) is 33.0 Å². The van der Waals surface area contributed by atoms with E-state index in [2.05, 4.69) is 53.4 Å². The number of aryl methyl sites for hydroxylation is 4. The van der Waals surface area contributed by atoms with Crippen LogP contribution in [0.25, 0.3) is 11.3 Å². The molecule has 0 aliphatic carbocycles. The van der Waals surface area contributed by atoms with Crippen LogP contribution in [0.5, 0.6) is 5.75 Å². The highest BCUT2D eigenvalue weighted by Gasteiger charge is 2.13. The molecule has 0 aliphatic rings. The summed E-state index contributed by atoms with van der Waals surface area (Å²) in [5.74, 6) is 0.738. The Labute approximate surface area is 196 Å². The van der Waals surface area contributed by atoms with Gasteiger partial charge in [-0.2, -0.15) is 0 Å². The first-order valence-corrected chi connectivity index (χ1v) is 12.1. The minimum absolute atomic E-state index is 0.126. The fourth-order valence-electron chi connectivity index (χ4n) is 3.29. The van der Waals surface area contributed by atoms with Gasteiger partial charge in [-0.15, -0.1) is 22.7 Å². The Balaban J connectivity index is 1.34. The number of carbonyl (C=O) groups excluding carboxylic acids is 1. The Bertz CT molecular complexity index is 1260. The molecule has 1 N–H and O–H groups in total. The van der Waals surface area contributed by atoms with Crippen molar-refractivity contribution in [1.29, 1.82) is 0 Å². The van der Waals surface area contributed by atoms with Crippen molar-refractivity contribution < 1.29 is 9.53 Å². The Morgan fingerprint density at radius 3 is 2.50 bits per heavy atom. The molecule has 5 nitrogen and oxygen atoms in total. The summed E-state index contributed by atoms with van der Waals surface area (Å²) in [6.45, 7) is 8.59. The van der Waals surface area contributed by atoms with Crippen LogP contribution in [-0.2, 0) is 17.8 Å². The number of nitrogens with one attached hydrogen (secondary N) is 1. The third-order valence-electron chi connectivity index (χ3n) is 5.06. The van der Waals surface area contributed by atoms with Gasteiger partial charge in [-0.05, 0) is 56.5 Å². The van der Waals surface area contributed by atoms with E-state index in [0.717, 1.165) is 44.4 Å². The van der Waals surface area contributed by atoms with Crippen molar-refractivity contribution in [3.05, 3.63) is 80.1 Å². The number of rotatable bonds is 7. The molecular formula is C25H25N3O2S2. The van der Waals surface area contributed by atoms with Gasteiger partial charge in [-0.3, -0.25) is 4.79 Å². The van der Waals surface area contributed by atoms with Crippen molar-refractivity contribution in [3.63, 3.8) is 0 Å². The molecule has 4 rings (SSSR count). The summed E-state index contributed by atoms with van der Waals surface area (Å²) in [6.07, 6.45) is 0.207. The first-order chi connectivity index (χ1) is 15.4. The predicted octanol–water partition coefficient (Wildman–Crippen LogP) is 6.26. The SMILES string of the molecule is Cc1ccc(C)c(OCc2nc(CC(=O)Nc3nc(-c4cc(C)ccc4C)cs3)cs2)c1. The molecule has 0 atom stereocenters. The van der Waals surface area contributed by atoms with E-state index in [1.165, 1.54) is 28.2 Å². The lowest BCUT2D eigenvalue weighted by Crippen LogP contribution is -2.14. The lowest BCUT2D eigenvalue weighted by Gasteiger charge is -2.08.